The van der Waals surface area contributed by atoms with Gasteiger partial charge in [0, 0.05) is 4.90 Å². The predicted octanol–water partition coefficient (Wildman–Crippen LogP) is 4.03. The molecule has 1 aromatic carbocycles. The zero-order valence-corrected chi connectivity index (χ0v) is 9.19. The van der Waals surface area contributed by atoms with Crippen molar-refractivity contribution in [1.29, 1.82) is 0 Å². The highest BCUT2D eigenvalue weighted by Gasteiger charge is 1.84. The zero-order chi connectivity index (χ0) is 9.52. The maximum atomic E-state index is 4.20. The molecule has 0 atom stereocenters. The van der Waals surface area contributed by atoms with E-state index in [2.05, 4.69) is 12.6 Å². The quantitative estimate of drug-likeness (QED) is 0.621. The highest BCUT2D eigenvalue weighted by molar-refractivity contribution is 7.80. The number of hydrogen-bond acceptors (Lipinski definition) is 2. The Kier molecular flexibility index (Phi) is 4.65. The summed E-state index contributed by atoms with van der Waals surface area (Å²) in [6, 6.07) is 12.1. The van der Waals surface area contributed by atoms with Crippen LogP contribution < -0.4 is 0 Å². The number of aryl methyl sites for hydroxylation is 1. The van der Waals surface area contributed by atoms with Crippen LogP contribution in [0.2, 0.25) is 0 Å². The highest BCUT2D eigenvalue weighted by Crippen LogP contribution is 2.09. The minimum Gasteiger partial charge on any atom is -0.152 e. The van der Waals surface area contributed by atoms with Crippen molar-refractivity contribution in [2.75, 3.05) is 0 Å². The van der Waals surface area contributed by atoms with Crippen molar-refractivity contribution in [3.8, 4) is 0 Å². The van der Waals surface area contributed by atoms with E-state index in [1.807, 2.05) is 54.1 Å². The van der Waals surface area contributed by atoms with Crippen LogP contribution in [-0.2, 0) is 0 Å². The minimum absolute atomic E-state index is 1.06. The Morgan fingerprint density at radius 2 is 1.62 bits per heavy atom. The monoisotopic (exact) mass is 208 g/mol. The van der Waals surface area contributed by atoms with Gasteiger partial charge < -0.3 is 0 Å². The number of benzene rings is 1. The van der Waals surface area contributed by atoms with E-state index in [9.17, 15) is 0 Å². The van der Waals surface area contributed by atoms with Crippen molar-refractivity contribution >= 4 is 24.0 Å². The Bertz CT molecular complexity index is 287. The first-order valence-electron chi connectivity index (χ1n) is 4.02. The Morgan fingerprint density at radius 3 is 1.92 bits per heavy atom. The molecule has 0 aliphatic heterocycles. The van der Waals surface area contributed by atoms with E-state index in [4.69, 9.17) is 0 Å². The van der Waals surface area contributed by atoms with Crippen LogP contribution >= 0.6 is 24.0 Å². The molecule has 0 spiro atoms. The molecule has 0 nitrogen and oxygen atoms in total. The molecular weight excluding hydrogens is 196 g/mol. The van der Waals surface area contributed by atoms with Crippen molar-refractivity contribution in [3.63, 3.8) is 0 Å². The third-order valence-electron chi connectivity index (χ3n) is 1.54. The molecular formula is C11H12S2. The smallest absolute Gasteiger partial charge is 0.00692 e. The Hall–Kier alpha value is -0.730. The lowest BCUT2D eigenvalue weighted by Crippen LogP contribution is -1.70. The second-order valence-electron chi connectivity index (χ2n) is 2.58. The Morgan fingerprint density at radius 1 is 1.00 bits per heavy atom. The Balaban J connectivity index is 0.000000145. The molecule has 1 heterocycles. The van der Waals surface area contributed by atoms with E-state index in [0.29, 0.717) is 0 Å². The van der Waals surface area contributed by atoms with Gasteiger partial charge in [-0.3, -0.25) is 0 Å². The molecule has 0 saturated carbocycles. The van der Waals surface area contributed by atoms with Crippen LogP contribution in [-0.4, -0.2) is 0 Å². The molecule has 0 amide bonds. The third kappa shape index (κ3) is 4.15. The fourth-order valence-corrected chi connectivity index (χ4v) is 1.40. The standard InChI is InChI=1S/C7H8S.C4H4S/c1-6-4-2-3-5-7(6)8;1-2-4-5-3-1/h2-5,8H,1H3;1-4H. The van der Waals surface area contributed by atoms with Crippen LogP contribution in [0.25, 0.3) is 0 Å². The van der Waals surface area contributed by atoms with Gasteiger partial charge in [-0.2, -0.15) is 11.3 Å². The number of hydrogen-bond donors (Lipinski definition) is 1. The van der Waals surface area contributed by atoms with Crippen LogP contribution in [0.5, 0.6) is 0 Å². The molecule has 68 valence electrons. The van der Waals surface area contributed by atoms with E-state index in [1.54, 1.807) is 11.3 Å². The summed E-state index contributed by atoms with van der Waals surface area (Å²) in [5.41, 5.74) is 1.23. The van der Waals surface area contributed by atoms with Crippen molar-refractivity contribution in [1.82, 2.24) is 0 Å². The normalized spacial score (nSPS) is 8.77. The minimum atomic E-state index is 1.06. The summed E-state index contributed by atoms with van der Waals surface area (Å²) in [6.07, 6.45) is 0. The van der Waals surface area contributed by atoms with E-state index in [1.165, 1.54) is 5.56 Å². The first kappa shape index (κ1) is 10.4. The van der Waals surface area contributed by atoms with Gasteiger partial charge in [-0.05, 0) is 29.3 Å². The van der Waals surface area contributed by atoms with Gasteiger partial charge in [0.15, 0.2) is 0 Å². The van der Waals surface area contributed by atoms with Gasteiger partial charge in [-0.1, -0.05) is 30.3 Å². The van der Waals surface area contributed by atoms with Crippen LogP contribution in [0.15, 0.2) is 52.1 Å². The van der Waals surface area contributed by atoms with Crippen molar-refractivity contribution in [2.24, 2.45) is 0 Å². The van der Waals surface area contributed by atoms with Crippen molar-refractivity contribution < 1.29 is 0 Å². The van der Waals surface area contributed by atoms with Gasteiger partial charge in [0.05, 0.1) is 0 Å². The van der Waals surface area contributed by atoms with Crippen molar-refractivity contribution in [3.05, 3.63) is 52.7 Å². The van der Waals surface area contributed by atoms with E-state index < -0.39 is 0 Å². The molecule has 2 rings (SSSR count). The fraction of sp³-hybridized carbons (Fsp3) is 0.0909. The summed E-state index contributed by atoms with van der Waals surface area (Å²) >= 11 is 5.91. The van der Waals surface area contributed by atoms with Crippen LogP contribution in [0, 0.1) is 6.92 Å². The maximum Gasteiger partial charge on any atom is 0.00692 e. The predicted molar refractivity (Wildman–Crippen MR) is 62.8 cm³/mol. The summed E-state index contributed by atoms with van der Waals surface area (Å²) in [4.78, 5) is 1.06. The Labute approximate surface area is 88.7 Å². The summed E-state index contributed by atoms with van der Waals surface area (Å²) < 4.78 is 0. The lowest BCUT2D eigenvalue weighted by molar-refractivity contribution is 1.31. The lowest BCUT2D eigenvalue weighted by atomic mass is 10.2. The molecule has 2 aromatic rings. The molecule has 0 fully saturated rings. The van der Waals surface area contributed by atoms with Gasteiger partial charge >= 0.3 is 0 Å². The summed E-state index contributed by atoms with van der Waals surface area (Å²) in [5, 5.41) is 4.08. The van der Waals surface area contributed by atoms with Crippen LogP contribution in [0.3, 0.4) is 0 Å². The van der Waals surface area contributed by atoms with Crippen LogP contribution in [0.1, 0.15) is 5.56 Å². The van der Waals surface area contributed by atoms with Gasteiger partial charge in [0.25, 0.3) is 0 Å². The summed E-state index contributed by atoms with van der Waals surface area (Å²) in [5.74, 6) is 0. The van der Waals surface area contributed by atoms with Crippen molar-refractivity contribution in [2.45, 2.75) is 11.8 Å². The van der Waals surface area contributed by atoms with E-state index in [-0.39, 0.29) is 0 Å². The largest absolute Gasteiger partial charge is 0.152 e. The molecule has 0 N–H and O–H groups in total. The van der Waals surface area contributed by atoms with Gasteiger partial charge in [-0.25, -0.2) is 0 Å². The molecule has 0 unspecified atom stereocenters. The summed E-state index contributed by atoms with van der Waals surface area (Å²) in [7, 11) is 0. The maximum absolute atomic E-state index is 4.20. The zero-order valence-electron chi connectivity index (χ0n) is 7.47. The number of rotatable bonds is 0. The summed E-state index contributed by atoms with van der Waals surface area (Å²) in [6.45, 7) is 2.04. The molecule has 0 aliphatic carbocycles. The number of thiol groups is 1. The molecule has 0 saturated heterocycles. The first-order chi connectivity index (χ1) is 6.30. The average Bonchev–Trinajstić information content (AvgIpc) is 2.68. The van der Waals surface area contributed by atoms with E-state index in [0.717, 1.165) is 4.90 Å². The van der Waals surface area contributed by atoms with Gasteiger partial charge in [0.2, 0.25) is 0 Å². The molecule has 0 bridgehead atoms. The van der Waals surface area contributed by atoms with Gasteiger partial charge in [-0.15, -0.1) is 12.6 Å². The second-order valence-corrected chi connectivity index (χ2v) is 3.88. The van der Waals surface area contributed by atoms with Crippen LogP contribution in [0.4, 0.5) is 0 Å². The molecule has 1 aromatic heterocycles. The molecule has 2 heteroatoms. The topological polar surface area (TPSA) is 0 Å². The first-order valence-corrected chi connectivity index (χ1v) is 5.41. The third-order valence-corrected chi connectivity index (χ3v) is 2.67. The second kappa shape index (κ2) is 5.84. The highest BCUT2D eigenvalue weighted by atomic mass is 32.1. The molecule has 0 aliphatic rings. The van der Waals surface area contributed by atoms with E-state index >= 15 is 0 Å². The van der Waals surface area contributed by atoms with Gasteiger partial charge in [0.1, 0.15) is 0 Å². The molecule has 13 heavy (non-hydrogen) atoms. The SMILES string of the molecule is Cc1ccccc1S.c1ccsc1. The molecule has 0 radical (unpaired) electrons. The fourth-order valence-electron chi connectivity index (χ4n) is 0.790. The average molecular weight is 208 g/mol. The number of thiophene rings is 1. The lowest BCUT2D eigenvalue weighted by Gasteiger charge is -1.92.